The van der Waals surface area contributed by atoms with Crippen molar-refractivity contribution in [1.29, 1.82) is 0 Å². The Balaban J connectivity index is 1.46. The molecule has 2 aromatic carbocycles. The van der Waals surface area contributed by atoms with Crippen LogP contribution in [0.3, 0.4) is 0 Å². The third kappa shape index (κ3) is 8.78. The summed E-state index contributed by atoms with van der Waals surface area (Å²) in [7, 11) is 3.29. The van der Waals surface area contributed by atoms with E-state index in [-0.39, 0.29) is 48.4 Å². The van der Waals surface area contributed by atoms with E-state index >= 15 is 0 Å². The minimum absolute atomic E-state index is 0.194. The van der Waals surface area contributed by atoms with Gasteiger partial charge in [-0.3, -0.25) is 14.4 Å². The van der Waals surface area contributed by atoms with Gasteiger partial charge < -0.3 is 34.3 Å². The first-order valence-corrected chi connectivity index (χ1v) is 16.9. The van der Waals surface area contributed by atoms with Crippen molar-refractivity contribution in [3.05, 3.63) is 96.2 Å². The third-order valence-electron chi connectivity index (χ3n) is 9.13. The standard InChI is InChI=1S/C38H47FN6O5/c1-25(40-5)35(46)42-34(38(2,3)4)37(48)45-23-31(50-30-16-14-29(49-6)15-17-30)21-28(45)22-44(20-18-26-10-12-27(39)13-11-26)36(47)32-24-43-19-8-7-9-33(43)41-32/h7-17,19,24-25,28,31,34,40H,18,20-23H2,1-6H3,(H,42,46)/t25-,28-,31-,34+/m0/s1. The number of nitrogens with zero attached hydrogens (tertiary/aromatic N) is 4. The number of pyridine rings is 1. The molecule has 266 valence electrons. The molecule has 1 saturated heterocycles. The number of ether oxygens (including phenoxy) is 2. The minimum Gasteiger partial charge on any atom is -0.497 e. The lowest BCUT2D eigenvalue weighted by Gasteiger charge is -2.37. The molecule has 4 aromatic rings. The lowest BCUT2D eigenvalue weighted by molar-refractivity contribution is -0.141. The van der Waals surface area contributed by atoms with Crippen molar-refractivity contribution in [2.45, 2.75) is 64.8 Å². The number of fused-ring (bicyclic) bond motifs is 1. The maximum atomic E-state index is 14.5. The minimum atomic E-state index is -0.838. The summed E-state index contributed by atoms with van der Waals surface area (Å²) in [5, 5.41) is 5.92. The van der Waals surface area contributed by atoms with Crippen molar-refractivity contribution in [1.82, 2.24) is 29.8 Å². The van der Waals surface area contributed by atoms with Gasteiger partial charge in [-0.05, 0) is 79.9 Å². The maximum absolute atomic E-state index is 14.5. The molecule has 0 spiro atoms. The summed E-state index contributed by atoms with van der Waals surface area (Å²) in [4.78, 5) is 49.9. The Labute approximate surface area is 292 Å². The number of imidazole rings is 1. The zero-order chi connectivity index (χ0) is 36.0. The van der Waals surface area contributed by atoms with Gasteiger partial charge in [-0.25, -0.2) is 9.37 Å². The molecule has 2 aromatic heterocycles. The highest BCUT2D eigenvalue weighted by atomic mass is 19.1. The summed E-state index contributed by atoms with van der Waals surface area (Å²) in [5.41, 5.74) is 1.17. The van der Waals surface area contributed by atoms with Crippen molar-refractivity contribution in [3.8, 4) is 11.5 Å². The summed E-state index contributed by atoms with van der Waals surface area (Å²) in [6, 6.07) is 17.2. The van der Waals surface area contributed by atoms with E-state index in [1.165, 1.54) is 12.1 Å². The van der Waals surface area contributed by atoms with Gasteiger partial charge in [0.2, 0.25) is 11.8 Å². The molecule has 5 rings (SSSR count). The Morgan fingerprint density at radius 3 is 2.38 bits per heavy atom. The molecule has 0 saturated carbocycles. The quantitative estimate of drug-likeness (QED) is 0.215. The summed E-state index contributed by atoms with van der Waals surface area (Å²) in [6.45, 7) is 8.24. The number of hydrogen-bond acceptors (Lipinski definition) is 7. The molecule has 3 amide bonds. The van der Waals surface area contributed by atoms with E-state index in [0.717, 1.165) is 5.56 Å². The van der Waals surface area contributed by atoms with Crippen LogP contribution in [-0.4, -0.2) is 94.9 Å². The first kappa shape index (κ1) is 36.3. The van der Waals surface area contributed by atoms with Crippen molar-refractivity contribution >= 4 is 23.4 Å². The molecule has 3 heterocycles. The smallest absolute Gasteiger partial charge is 0.274 e. The fourth-order valence-electron chi connectivity index (χ4n) is 6.11. The van der Waals surface area contributed by atoms with Crippen LogP contribution in [0.4, 0.5) is 4.39 Å². The number of benzene rings is 2. The second-order valence-corrected chi connectivity index (χ2v) is 13.8. The number of hydrogen-bond donors (Lipinski definition) is 2. The largest absolute Gasteiger partial charge is 0.497 e. The number of halogens is 1. The predicted octanol–water partition coefficient (Wildman–Crippen LogP) is 4.35. The highest BCUT2D eigenvalue weighted by molar-refractivity contribution is 5.93. The molecule has 4 atom stereocenters. The number of carbonyl (C=O) groups excluding carboxylic acids is 3. The van der Waals surface area contributed by atoms with Crippen LogP contribution in [0.2, 0.25) is 0 Å². The molecule has 11 nitrogen and oxygen atoms in total. The van der Waals surface area contributed by atoms with Gasteiger partial charge in [0, 0.05) is 31.9 Å². The molecule has 0 radical (unpaired) electrons. The first-order chi connectivity index (χ1) is 23.9. The van der Waals surface area contributed by atoms with Crippen LogP contribution in [0.25, 0.3) is 5.65 Å². The highest BCUT2D eigenvalue weighted by Gasteiger charge is 2.44. The van der Waals surface area contributed by atoms with E-state index in [0.29, 0.717) is 36.5 Å². The predicted molar refractivity (Wildman–Crippen MR) is 189 cm³/mol. The Morgan fingerprint density at radius 1 is 1.04 bits per heavy atom. The van der Waals surface area contributed by atoms with E-state index in [4.69, 9.17) is 9.47 Å². The first-order valence-electron chi connectivity index (χ1n) is 16.9. The van der Waals surface area contributed by atoms with E-state index < -0.39 is 23.5 Å². The van der Waals surface area contributed by atoms with Gasteiger partial charge in [-0.15, -0.1) is 0 Å². The molecule has 2 N–H and O–H groups in total. The van der Waals surface area contributed by atoms with Crippen LogP contribution in [0, 0.1) is 11.2 Å². The molecular formula is C38H47FN6O5. The van der Waals surface area contributed by atoms with Gasteiger partial charge in [-0.2, -0.15) is 0 Å². The van der Waals surface area contributed by atoms with Crippen LogP contribution in [-0.2, 0) is 16.0 Å². The number of likely N-dealkylation sites (N-methyl/N-ethyl adjacent to an activating group) is 1. The third-order valence-corrected chi connectivity index (χ3v) is 9.13. The monoisotopic (exact) mass is 686 g/mol. The molecule has 1 fully saturated rings. The van der Waals surface area contributed by atoms with Gasteiger partial charge >= 0.3 is 0 Å². The molecule has 0 aliphatic carbocycles. The SMILES string of the molecule is CN[C@@H](C)C(=O)N[C@H](C(=O)N1C[C@@H](Oc2ccc(OC)cc2)C[C@H]1CN(CCc1ccc(F)cc1)C(=O)c1cn2ccccc2n1)C(C)(C)C. The second-order valence-electron chi connectivity index (χ2n) is 13.8. The number of amides is 3. The number of nitrogens with one attached hydrogen (secondary N) is 2. The van der Waals surface area contributed by atoms with E-state index in [2.05, 4.69) is 15.6 Å². The lowest BCUT2D eigenvalue weighted by Crippen LogP contribution is -2.59. The van der Waals surface area contributed by atoms with Crippen LogP contribution in [0.15, 0.2) is 79.1 Å². The zero-order valence-corrected chi connectivity index (χ0v) is 29.6. The van der Waals surface area contributed by atoms with Gasteiger partial charge in [-0.1, -0.05) is 39.0 Å². The van der Waals surface area contributed by atoms with Crippen molar-refractivity contribution in [2.24, 2.45) is 5.41 Å². The second kappa shape index (κ2) is 15.7. The van der Waals surface area contributed by atoms with Crippen molar-refractivity contribution < 1.29 is 28.2 Å². The maximum Gasteiger partial charge on any atom is 0.274 e. The fraction of sp³-hybridized carbons (Fsp3) is 0.421. The summed E-state index contributed by atoms with van der Waals surface area (Å²) in [6.07, 6.45) is 4.06. The van der Waals surface area contributed by atoms with Crippen molar-refractivity contribution in [2.75, 3.05) is 33.8 Å². The molecule has 1 aliphatic heterocycles. The molecular weight excluding hydrogens is 639 g/mol. The number of carbonyl (C=O) groups is 3. The summed E-state index contributed by atoms with van der Waals surface area (Å²) >= 11 is 0. The average Bonchev–Trinajstić information content (AvgIpc) is 3.72. The number of aromatic nitrogens is 2. The summed E-state index contributed by atoms with van der Waals surface area (Å²) in [5.74, 6) is 0.163. The Bertz CT molecular complexity index is 1740. The van der Waals surface area contributed by atoms with Crippen LogP contribution >= 0.6 is 0 Å². The molecule has 12 heteroatoms. The van der Waals surface area contributed by atoms with Gasteiger partial charge in [0.25, 0.3) is 5.91 Å². The van der Waals surface area contributed by atoms with Gasteiger partial charge in [0.15, 0.2) is 0 Å². The Hall–Kier alpha value is -4.97. The molecule has 0 unspecified atom stereocenters. The van der Waals surface area contributed by atoms with Crippen LogP contribution in [0.1, 0.15) is 50.2 Å². The number of likely N-dealkylation sites (tertiary alicyclic amines) is 1. The lowest BCUT2D eigenvalue weighted by atomic mass is 9.85. The normalized spacial score (nSPS) is 17.3. The number of methoxy groups -OCH3 is 1. The van der Waals surface area contributed by atoms with E-state index in [1.54, 1.807) is 53.6 Å². The van der Waals surface area contributed by atoms with E-state index in [1.807, 2.05) is 69.4 Å². The van der Waals surface area contributed by atoms with Crippen LogP contribution in [0.5, 0.6) is 11.5 Å². The molecule has 0 bridgehead atoms. The average molecular weight is 687 g/mol. The van der Waals surface area contributed by atoms with Crippen molar-refractivity contribution in [3.63, 3.8) is 0 Å². The Morgan fingerprint density at radius 2 is 1.74 bits per heavy atom. The number of rotatable bonds is 13. The Kier molecular flexibility index (Phi) is 11.4. The molecule has 1 aliphatic rings. The van der Waals surface area contributed by atoms with E-state index in [9.17, 15) is 18.8 Å². The topological polar surface area (TPSA) is 118 Å². The zero-order valence-electron chi connectivity index (χ0n) is 29.6. The van der Waals surface area contributed by atoms with Gasteiger partial charge in [0.05, 0.1) is 25.7 Å². The fourth-order valence-corrected chi connectivity index (χ4v) is 6.11. The van der Waals surface area contributed by atoms with Crippen LogP contribution < -0.4 is 20.1 Å². The van der Waals surface area contributed by atoms with Gasteiger partial charge in [0.1, 0.15) is 40.8 Å². The highest BCUT2D eigenvalue weighted by Crippen LogP contribution is 2.30. The summed E-state index contributed by atoms with van der Waals surface area (Å²) < 4.78 is 27.2. The molecule has 50 heavy (non-hydrogen) atoms.